The Morgan fingerprint density at radius 1 is 1.46 bits per heavy atom. The van der Waals surface area contributed by atoms with E-state index in [1.165, 1.54) is 0 Å². The van der Waals surface area contributed by atoms with E-state index in [-0.39, 0.29) is 29.7 Å². The van der Waals surface area contributed by atoms with Crippen LogP contribution < -0.4 is 5.32 Å². The fourth-order valence-corrected chi connectivity index (χ4v) is 3.82. The van der Waals surface area contributed by atoms with Crippen molar-refractivity contribution in [3.63, 3.8) is 0 Å². The van der Waals surface area contributed by atoms with E-state index in [0.717, 1.165) is 12.5 Å². The fraction of sp³-hybridized carbons (Fsp3) is 0.786. The maximum Gasteiger partial charge on any atom is 0.228 e. The smallest absolute Gasteiger partial charge is 0.228 e. The topological polar surface area (TPSA) is 101 Å². The fourth-order valence-electron chi connectivity index (χ4n) is 2.45. The van der Waals surface area contributed by atoms with E-state index < -0.39 is 14.6 Å². The first-order valence-electron chi connectivity index (χ1n) is 7.80. The van der Waals surface area contributed by atoms with Gasteiger partial charge >= 0.3 is 0 Å². The Labute approximate surface area is 160 Å². The Balaban J connectivity index is 0.00000288. The summed E-state index contributed by atoms with van der Waals surface area (Å²) in [5, 5.41) is 6.97. The van der Waals surface area contributed by atoms with Crippen molar-refractivity contribution in [2.75, 3.05) is 31.9 Å². The molecular formula is C14H26IN5O3S. The number of aliphatic imine (C=N–C) groups is 1. The Hall–Kier alpha value is -0.910. The molecule has 1 N–H and O–H groups in total. The Kier molecular flexibility index (Phi) is 7.44. The van der Waals surface area contributed by atoms with Crippen molar-refractivity contribution in [2.45, 2.75) is 38.9 Å². The van der Waals surface area contributed by atoms with Gasteiger partial charge in [0, 0.05) is 26.1 Å². The molecule has 0 aromatic carbocycles. The summed E-state index contributed by atoms with van der Waals surface area (Å²) in [7, 11) is -3.06. The van der Waals surface area contributed by atoms with Crippen LogP contribution in [0.4, 0.5) is 0 Å². The van der Waals surface area contributed by atoms with Gasteiger partial charge in [0.25, 0.3) is 0 Å². The summed E-state index contributed by atoms with van der Waals surface area (Å²) < 4.78 is 28.5. The van der Waals surface area contributed by atoms with E-state index in [0.29, 0.717) is 37.8 Å². The van der Waals surface area contributed by atoms with Crippen LogP contribution in [0, 0.1) is 6.92 Å². The summed E-state index contributed by atoms with van der Waals surface area (Å²) in [5.41, 5.74) is 0. The molecule has 1 aromatic rings. The maximum absolute atomic E-state index is 12.1. The molecule has 1 saturated heterocycles. The van der Waals surface area contributed by atoms with E-state index in [4.69, 9.17) is 4.52 Å². The molecule has 0 amide bonds. The van der Waals surface area contributed by atoms with Gasteiger partial charge in [0.1, 0.15) is 0 Å². The number of aryl methyl sites for hydroxylation is 1. The minimum atomic E-state index is -3.06. The van der Waals surface area contributed by atoms with Gasteiger partial charge in [0.05, 0.1) is 17.0 Å². The average Bonchev–Trinajstić information content (AvgIpc) is 2.87. The SMILES string of the molecule is CCNC(=NCCc1nc(C)no1)N1CCS(=O)(=O)C(C)(C)C1.I. The molecule has 0 bridgehead atoms. The van der Waals surface area contributed by atoms with Gasteiger partial charge in [-0.3, -0.25) is 4.99 Å². The molecule has 0 unspecified atom stereocenters. The number of nitrogens with zero attached hydrogens (tertiary/aromatic N) is 4. The average molecular weight is 471 g/mol. The van der Waals surface area contributed by atoms with Crippen LogP contribution in [0.3, 0.4) is 0 Å². The molecule has 1 aliphatic heterocycles. The number of hydrogen-bond donors (Lipinski definition) is 1. The highest BCUT2D eigenvalue weighted by Gasteiger charge is 2.40. The van der Waals surface area contributed by atoms with Crippen LogP contribution in [0.25, 0.3) is 0 Å². The van der Waals surface area contributed by atoms with Gasteiger partial charge in [-0.1, -0.05) is 5.16 Å². The van der Waals surface area contributed by atoms with Crippen molar-refractivity contribution < 1.29 is 12.9 Å². The van der Waals surface area contributed by atoms with Crippen molar-refractivity contribution in [1.29, 1.82) is 0 Å². The zero-order valence-electron chi connectivity index (χ0n) is 14.6. The standard InChI is InChI=1S/C14H25N5O3S.HI/c1-5-15-13(16-7-6-12-17-11(2)18-22-12)19-8-9-23(20,21)14(3,4)10-19;/h5-10H2,1-4H3,(H,15,16);1H. The first-order chi connectivity index (χ1) is 10.7. The lowest BCUT2D eigenvalue weighted by Gasteiger charge is -2.39. The lowest BCUT2D eigenvalue weighted by molar-refractivity contribution is 0.352. The van der Waals surface area contributed by atoms with Crippen LogP contribution in [0.1, 0.15) is 32.5 Å². The second kappa shape index (κ2) is 8.45. The van der Waals surface area contributed by atoms with Crippen LogP contribution in [-0.4, -0.2) is 66.1 Å². The summed E-state index contributed by atoms with van der Waals surface area (Å²) in [6, 6.07) is 0. The van der Waals surface area contributed by atoms with Gasteiger partial charge in [0.2, 0.25) is 5.89 Å². The van der Waals surface area contributed by atoms with Crippen LogP contribution in [-0.2, 0) is 16.3 Å². The first-order valence-corrected chi connectivity index (χ1v) is 9.45. The van der Waals surface area contributed by atoms with Crippen LogP contribution in [0.15, 0.2) is 9.52 Å². The van der Waals surface area contributed by atoms with Crippen LogP contribution in [0.5, 0.6) is 0 Å². The van der Waals surface area contributed by atoms with Crippen molar-refractivity contribution in [3.8, 4) is 0 Å². The molecule has 138 valence electrons. The molecule has 1 fully saturated rings. The minimum absolute atomic E-state index is 0. The molecule has 10 heteroatoms. The summed E-state index contributed by atoms with van der Waals surface area (Å²) in [6.07, 6.45) is 0.561. The lowest BCUT2D eigenvalue weighted by Crippen LogP contribution is -2.57. The molecule has 0 radical (unpaired) electrons. The van der Waals surface area contributed by atoms with Crippen molar-refractivity contribution in [3.05, 3.63) is 11.7 Å². The predicted molar refractivity (Wildman–Crippen MR) is 104 cm³/mol. The molecule has 24 heavy (non-hydrogen) atoms. The van der Waals surface area contributed by atoms with Crippen molar-refractivity contribution in [1.82, 2.24) is 20.4 Å². The summed E-state index contributed by atoms with van der Waals surface area (Å²) in [6.45, 7) is 9.41. The van der Waals surface area contributed by atoms with Gasteiger partial charge in [-0.25, -0.2) is 8.42 Å². The molecule has 8 nitrogen and oxygen atoms in total. The van der Waals surface area contributed by atoms with Crippen molar-refractivity contribution in [2.24, 2.45) is 4.99 Å². The molecule has 0 atom stereocenters. The zero-order valence-corrected chi connectivity index (χ0v) is 17.7. The highest BCUT2D eigenvalue weighted by atomic mass is 127. The number of hydrogen-bond acceptors (Lipinski definition) is 6. The normalized spacial score (nSPS) is 19.7. The summed E-state index contributed by atoms with van der Waals surface area (Å²) in [4.78, 5) is 10.7. The van der Waals surface area contributed by atoms with E-state index in [2.05, 4.69) is 20.4 Å². The number of sulfone groups is 1. The van der Waals surface area contributed by atoms with Crippen LogP contribution in [0.2, 0.25) is 0 Å². The van der Waals surface area contributed by atoms with Gasteiger partial charge in [-0.05, 0) is 27.7 Å². The highest BCUT2D eigenvalue weighted by Crippen LogP contribution is 2.23. The number of nitrogens with one attached hydrogen (secondary N) is 1. The number of halogens is 1. The third-order valence-corrected chi connectivity index (χ3v) is 6.37. The van der Waals surface area contributed by atoms with E-state index in [1.807, 2.05) is 11.8 Å². The summed E-state index contributed by atoms with van der Waals surface area (Å²) in [5.74, 6) is 2.04. The summed E-state index contributed by atoms with van der Waals surface area (Å²) >= 11 is 0. The van der Waals surface area contributed by atoms with Gasteiger partial charge in [-0.2, -0.15) is 4.98 Å². The molecule has 0 aliphatic carbocycles. The monoisotopic (exact) mass is 471 g/mol. The first kappa shape index (κ1) is 21.1. The minimum Gasteiger partial charge on any atom is -0.357 e. The predicted octanol–water partition coefficient (Wildman–Crippen LogP) is 1.01. The highest BCUT2D eigenvalue weighted by molar-refractivity contribution is 14.0. The van der Waals surface area contributed by atoms with Gasteiger partial charge in [0.15, 0.2) is 21.6 Å². The number of guanidine groups is 1. The van der Waals surface area contributed by atoms with Crippen LogP contribution >= 0.6 is 24.0 Å². The Morgan fingerprint density at radius 3 is 2.71 bits per heavy atom. The molecule has 2 heterocycles. The van der Waals surface area contributed by atoms with Gasteiger partial charge in [-0.15, -0.1) is 24.0 Å². The van der Waals surface area contributed by atoms with Crippen molar-refractivity contribution >= 4 is 39.8 Å². The zero-order chi connectivity index (χ0) is 17.1. The van der Waals surface area contributed by atoms with E-state index in [9.17, 15) is 8.42 Å². The quantitative estimate of drug-likeness (QED) is 0.398. The van der Waals surface area contributed by atoms with E-state index >= 15 is 0 Å². The van der Waals surface area contributed by atoms with Gasteiger partial charge < -0.3 is 14.7 Å². The third-order valence-electron chi connectivity index (χ3n) is 3.83. The second-order valence-corrected chi connectivity index (χ2v) is 8.96. The molecule has 2 rings (SSSR count). The largest absolute Gasteiger partial charge is 0.357 e. The second-order valence-electron chi connectivity index (χ2n) is 6.22. The van der Waals surface area contributed by atoms with E-state index in [1.54, 1.807) is 20.8 Å². The molecule has 1 aliphatic rings. The molecule has 0 saturated carbocycles. The Bertz CT molecular complexity index is 672. The molecule has 1 aromatic heterocycles. The Morgan fingerprint density at radius 2 is 2.17 bits per heavy atom. The molecular weight excluding hydrogens is 445 g/mol. The third kappa shape index (κ3) is 5.04. The lowest BCUT2D eigenvalue weighted by atomic mass is 10.2. The number of rotatable bonds is 4. The molecule has 0 spiro atoms. The number of aromatic nitrogens is 2. The maximum atomic E-state index is 12.1.